The molecule has 0 aliphatic carbocycles. The van der Waals surface area contributed by atoms with Crippen molar-refractivity contribution in [2.75, 3.05) is 7.11 Å². The number of rotatable bonds is 2. The number of H-pyrrole nitrogens is 2. The van der Waals surface area contributed by atoms with E-state index in [4.69, 9.17) is 4.74 Å². The second kappa shape index (κ2) is 4.67. The Morgan fingerprint density at radius 3 is 2.36 bits per heavy atom. The highest BCUT2D eigenvalue weighted by Gasteiger charge is 2.00. The van der Waals surface area contributed by atoms with Crippen LogP contribution in [0, 0.1) is 0 Å². The third kappa shape index (κ3) is 2.06. The van der Waals surface area contributed by atoms with E-state index in [-0.39, 0.29) is 12.4 Å². The van der Waals surface area contributed by atoms with Crippen molar-refractivity contribution in [1.29, 1.82) is 0 Å². The van der Waals surface area contributed by atoms with Crippen LogP contribution < -0.4 is 22.2 Å². The lowest BCUT2D eigenvalue weighted by Gasteiger charge is -1.99. The fraction of sp³-hybridized carbons (Fsp3) is 0.100. The van der Waals surface area contributed by atoms with Crippen LogP contribution in [0.2, 0.25) is 0 Å². The van der Waals surface area contributed by atoms with E-state index in [0.717, 1.165) is 17.0 Å². The molecule has 0 amide bonds. The lowest BCUT2D eigenvalue weighted by molar-refractivity contribution is -0.448. The molecule has 2 rings (SSSR count). The van der Waals surface area contributed by atoms with Gasteiger partial charge in [-0.15, -0.1) is 5.10 Å². The molecule has 1 heterocycles. The van der Waals surface area contributed by atoms with Crippen molar-refractivity contribution in [1.82, 2.24) is 5.10 Å². The summed E-state index contributed by atoms with van der Waals surface area (Å²) in [5.41, 5.74) is 2.21. The van der Waals surface area contributed by atoms with Gasteiger partial charge in [0.1, 0.15) is 11.4 Å². The van der Waals surface area contributed by atoms with Crippen molar-refractivity contribution in [2.24, 2.45) is 0 Å². The number of methoxy groups -OCH3 is 1. The van der Waals surface area contributed by atoms with Gasteiger partial charge in [-0.3, -0.25) is 0 Å². The third-order valence-corrected chi connectivity index (χ3v) is 1.94. The van der Waals surface area contributed by atoms with Gasteiger partial charge in [-0.05, 0) is 24.3 Å². The number of ether oxygens (including phenoxy) is 1. The first kappa shape index (κ1) is 10.6. The van der Waals surface area contributed by atoms with Gasteiger partial charge >= 0.3 is 0 Å². The number of benzene rings is 1. The minimum absolute atomic E-state index is 0. The first-order valence-electron chi connectivity index (χ1n) is 4.09. The van der Waals surface area contributed by atoms with Crippen LogP contribution >= 0.6 is 0 Å². The largest absolute Gasteiger partial charge is 1.00 e. The predicted molar refractivity (Wildman–Crippen MR) is 49.3 cm³/mol. The average molecular weight is 211 g/mol. The zero-order chi connectivity index (χ0) is 9.10. The van der Waals surface area contributed by atoms with Crippen LogP contribution in [0.4, 0.5) is 0 Å². The van der Waals surface area contributed by atoms with E-state index in [1.807, 2.05) is 36.5 Å². The topological polar surface area (TPSA) is 39.2 Å². The molecule has 14 heavy (non-hydrogen) atoms. The smallest absolute Gasteiger partial charge is 0.193 e. The van der Waals surface area contributed by atoms with Crippen molar-refractivity contribution in [3.05, 3.63) is 36.5 Å². The standard InChI is InChI=1S/C10H10N2O.ClH/c1-13-9-4-2-8(3-5-9)10-6-7-11-12-10;/h2-7H,1H3,(H,11,12);1H. The van der Waals surface area contributed by atoms with Crippen molar-refractivity contribution >= 4 is 0 Å². The lowest BCUT2D eigenvalue weighted by Crippen LogP contribution is -3.00. The molecule has 0 aliphatic heterocycles. The number of hydrogen-bond donors (Lipinski definition) is 1. The van der Waals surface area contributed by atoms with E-state index < -0.39 is 0 Å². The summed E-state index contributed by atoms with van der Waals surface area (Å²) in [6.45, 7) is 0. The molecule has 1 aromatic carbocycles. The molecule has 4 heteroatoms. The monoisotopic (exact) mass is 210 g/mol. The summed E-state index contributed by atoms with van der Waals surface area (Å²) in [6, 6.07) is 9.89. The Kier molecular flexibility index (Phi) is 3.54. The average Bonchev–Trinajstić information content (AvgIpc) is 2.71. The van der Waals surface area contributed by atoms with Gasteiger partial charge in [0.25, 0.3) is 0 Å². The summed E-state index contributed by atoms with van der Waals surface area (Å²) >= 11 is 0. The molecule has 0 atom stereocenters. The minimum Gasteiger partial charge on any atom is -1.00 e. The van der Waals surface area contributed by atoms with Gasteiger partial charge in [0.2, 0.25) is 0 Å². The second-order valence-corrected chi connectivity index (χ2v) is 2.74. The van der Waals surface area contributed by atoms with E-state index >= 15 is 0 Å². The van der Waals surface area contributed by atoms with Gasteiger partial charge in [0.15, 0.2) is 6.20 Å². The molecule has 0 radical (unpaired) electrons. The van der Waals surface area contributed by atoms with Gasteiger partial charge in [0, 0.05) is 11.6 Å². The lowest BCUT2D eigenvalue weighted by atomic mass is 10.1. The van der Waals surface area contributed by atoms with E-state index in [0.29, 0.717) is 0 Å². The molecule has 0 bridgehead atoms. The van der Waals surface area contributed by atoms with Crippen LogP contribution in [-0.4, -0.2) is 12.2 Å². The maximum atomic E-state index is 5.07. The van der Waals surface area contributed by atoms with E-state index in [1.54, 1.807) is 7.11 Å². The van der Waals surface area contributed by atoms with Crippen LogP contribution in [-0.2, 0) is 0 Å². The maximum Gasteiger partial charge on any atom is 0.193 e. The predicted octanol–water partition coefficient (Wildman–Crippen LogP) is -1.49. The molecule has 0 aliphatic rings. The summed E-state index contributed by atoms with van der Waals surface area (Å²) < 4.78 is 5.07. The molecule has 1 aromatic heterocycles. The Morgan fingerprint density at radius 2 is 1.86 bits per heavy atom. The van der Waals surface area contributed by atoms with Crippen LogP contribution in [0.3, 0.4) is 0 Å². The second-order valence-electron chi connectivity index (χ2n) is 2.74. The SMILES string of the molecule is COc1ccc(-c2cc[nH+][nH]2)cc1.[Cl-]. The van der Waals surface area contributed by atoms with E-state index in [2.05, 4.69) is 10.2 Å². The zero-order valence-electron chi connectivity index (χ0n) is 7.75. The number of aromatic amines is 2. The third-order valence-electron chi connectivity index (χ3n) is 1.94. The minimum atomic E-state index is 0. The molecular weight excluding hydrogens is 200 g/mol. The van der Waals surface area contributed by atoms with Crippen LogP contribution in [0.1, 0.15) is 0 Å². The molecule has 74 valence electrons. The molecule has 3 nitrogen and oxygen atoms in total. The number of nitrogens with one attached hydrogen (secondary N) is 2. The highest BCUT2D eigenvalue weighted by atomic mass is 35.5. The van der Waals surface area contributed by atoms with E-state index in [9.17, 15) is 0 Å². The fourth-order valence-electron chi connectivity index (χ4n) is 1.23. The van der Waals surface area contributed by atoms with Gasteiger partial charge in [-0.25, -0.2) is 0 Å². The number of halogens is 1. The van der Waals surface area contributed by atoms with E-state index in [1.165, 1.54) is 0 Å². The zero-order valence-corrected chi connectivity index (χ0v) is 8.51. The summed E-state index contributed by atoms with van der Waals surface area (Å²) in [5, 5.41) is 5.93. The molecular formula is C10H11ClN2O. The van der Waals surface area contributed by atoms with Crippen LogP contribution in [0.25, 0.3) is 11.3 Å². The van der Waals surface area contributed by atoms with Crippen LogP contribution in [0.15, 0.2) is 36.5 Å². The fourth-order valence-corrected chi connectivity index (χ4v) is 1.23. The molecule has 2 aromatic rings. The molecule has 2 N–H and O–H groups in total. The molecule has 0 saturated heterocycles. The highest BCUT2D eigenvalue weighted by Crippen LogP contribution is 2.18. The van der Waals surface area contributed by atoms with Crippen molar-refractivity contribution in [3.63, 3.8) is 0 Å². The first-order valence-corrected chi connectivity index (χ1v) is 4.09. The normalized spacial score (nSPS) is 9.21. The Labute approximate surface area is 88.5 Å². The van der Waals surface area contributed by atoms with Gasteiger partial charge < -0.3 is 17.1 Å². The summed E-state index contributed by atoms with van der Waals surface area (Å²) in [7, 11) is 1.66. The molecule has 0 spiro atoms. The molecule has 0 saturated carbocycles. The van der Waals surface area contributed by atoms with Gasteiger partial charge in [0.05, 0.1) is 7.11 Å². The summed E-state index contributed by atoms with van der Waals surface area (Å²) in [4.78, 5) is 0. The van der Waals surface area contributed by atoms with Crippen LogP contribution in [0.5, 0.6) is 5.75 Å². The van der Waals surface area contributed by atoms with Crippen molar-refractivity contribution in [3.8, 4) is 17.0 Å². The number of hydrogen-bond acceptors (Lipinski definition) is 1. The molecule has 0 fully saturated rings. The Bertz CT molecular complexity index is 370. The number of aromatic nitrogens is 2. The van der Waals surface area contributed by atoms with Crippen molar-refractivity contribution in [2.45, 2.75) is 0 Å². The highest BCUT2D eigenvalue weighted by molar-refractivity contribution is 5.58. The Balaban J connectivity index is 0.000000980. The Hall–Kier alpha value is -1.48. The first-order chi connectivity index (χ1) is 6.40. The maximum absolute atomic E-state index is 5.07. The van der Waals surface area contributed by atoms with Gasteiger partial charge in [-0.1, -0.05) is 0 Å². The summed E-state index contributed by atoms with van der Waals surface area (Å²) in [6.07, 6.45) is 1.86. The van der Waals surface area contributed by atoms with Gasteiger partial charge in [-0.2, -0.15) is 5.10 Å². The quantitative estimate of drug-likeness (QED) is 0.645. The van der Waals surface area contributed by atoms with Crippen molar-refractivity contribution < 1.29 is 22.2 Å². The molecule has 0 unspecified atom stereocenters. The Morgan fingerprint density at radius 1 is 1.14 bits per heavy atom. The summed E-state index contributed by atoms with van der Waals surface area (Å²) in [5.74, 6) is 0.874.